The van der Waals surface area contributed by atoms with Gasteiger partial charge in [-0.3, -0.25) is 0 Å². The highest BCUT2D eigenvalue weighted by atomic mass is 127. The van der Waals surface area contributed by atoms with Gasteiger partial charge in [-0.25, -0.2) is 9.97 Å². The maximum atomic E-state index is 5.86. The summed E-state index contributed by atoms with van der Waals surface area (Å²) in [6, 6.07) is 8.20. The molecule has 4 nitrogen and oxygen atoms in total. The van der Waals surface area contributed by atoms with Gasteiger partial charge in [0.25, 0.3) is 0 Å². The first-order valence-electron chi connectivity index (χ1n) is 7.17. The number of nitrogens with zero attached hydrogens (tertiary/aromatic N) is 2. The van der Waals surface area contributed by atoms with E-state index in [1.807, 2.05) is 19.1 Å². The zero-order valence-electron chi connectivity index (χ0n) is 12.2. The highest BCUT2D eigenvalue weighted by Crippen LogP contribution is 2.32. The number of hydrogen-bond donors (Lipinski definition) is 1. The zero-order valence-corrected chi connectivity index (χ0v) is 14.3. The number of hydrogen-bond acceptors (Lipinski definition) is 4. The first-order valence-corrected chi connectivity index (χ1v) is 8.25. The van der Waals surface area contributed by atoms with E-state index < -0.39 is 0 Å². The van der Waals surface area contributed by atoms with Crippen LogP contribution < -0.4 is 10.1 Å². The lowest BCUT2D eigenvalue weighted by Gasteiger charge is -2.25. The predicted molar refractivity (Wildman–Crippen MR) is 92.0 cm³/mol. The summed E-state index contributed by atoms with van der Waals surface area (Å²) in [5.74, 6) is 3.01. The lowest BCUT2D eigenvalue weighted by atomic mass is 9.96. The van der Waals surface area contributed by atoms with Gasteiger partial charge in [0, 0.05) is 6.54 Å². The summed E-state index contributed by atoms with van der Waals surface area (Å²) in [6.45, 7) is 5.61. The van der Waals surface area contributed by atoms with Crippen molar-refractivity contribution in [3.63, 3.8) is 0 Å². The summed E-state index contributed by atoms with van der Waals surface area (Å²) in [5.41, 5.74) is 2.26. The van der Waals surface area contributed by atoms with E-state index in [1.165, 1.54) is 5.56 Å². The number of benzene rings is 1. The van der Waals surface area contributed by atoms with Crippen LogP contribution in [0.25, 0.3) is 0 Å². The number of halogens is 1. The Morgan fingerprint density at radius 2 is 2.14 bits per heavy atom. The van der Waals surface area contributed by atoms with Crippen molar-refractivity contribution >= 4 is 28.4 Å². The third kappa shape index (κ3) is 2.97. The molecule has 0 fully saturated rings. The lowest BCUT2D eigenvalue weighted by molar-refractivity contribution is 0.257. The number of ether oxygens (including phenoxy) is 1. The second-order valence-corrected chi connectivity index (χ2v) is 6.26. The van der Waals surface area contributed by atoms with Crippen LogP contribution in [0.3, 0.4) is 0 Å². The van der Waals surface area contributed by atoms with Crippen molar-refractivity contribution in [3.05, 3.63) is 44.9 Å². The van der Waals surface area contributed by atoms with Crippen molar-refractivity contribution in [1.29, 1.82) is 0 Å². The van der Waals surface area contributed by atoms with E-state index in [4.69, 9.17) is 9.72 Å². The summed E-state index contributed by atoms with van der Waals surface area (Å²) in [5, 5.41) is 3.32. The highest BCUT2D eigenvalue weighted by Gasteiger charge is 2.24. The number of aryl methyl sites for hydroxylation is 1. The van der Waals surface area contributed by atoms with Crippen molar-refractivity contribution in [1.82, 2.24) is 9.97 Å². The molecule has 5 heteroatoms. The Morgan fingerprint density at radius 1 is 1.33 bits per heavy atom. The minimum absolute atomic E-state index is 0.216. The molecular weight excluding hydrogens is 377 g/mol. The molecule has 1 aliphatic heterocycles. The summed E-state index contributed by atoms with van der Waals surface area (Å²) >= 11 is 2.30. The van der Waals surface area contributed by atoms with Gasteiger partial charge in [-0.2, -0.15) is 0 Å². The first kappa shape index (κ1) is 14.6. The maximum absolute atomic E-state index is 5.86. The molecule has 1 unspecified atom stereocenters. The van der Waals surface area contributed by atoms with Gasteiger partial charge in [-0.1, -0.05) is 18.2 Å². The molecule has 1 aromatic heterocycles. The van der Waals surface area contributed by atoms with Crippen molar-refractivity contribution in [2.24, 2.45) is 0 Å². The van der Waals surface area contributed by atoms with E-state index in [2.05, 4.69) is 51.9 Å². The van der Waals surface area contributed by atoms with E-state index in [0.717, 1.165) is 39.6 Å². The van der Waals surface area contributed by atoms with Gasteiger partial charge in [-0.05, 0) is 54.5 Å². The van der Waals surface area contributed by atoms with E-state index in [1.54, 1.807) is 0 Å². The quantitative estimate of drug-likeness (QED) is 0.808. The Bertz CT molecular complexity index is 660. The lowest BCUT2D eigenvalue weighted by Crippen LogP contribution is -2.22. The van der Waals surface area contributed by atoms with Crippen LogP contribution in [-0.2, 0) is 6.42 Å². The zero-order chi connectivity index (χ0) is 14.8. The largest absolute Gasteiger partial charge is 0.493 e. The standard InChI is InChI=1S/C16H18IN3O/c1-3-18-16-14(17)10(2)19-15(20-16)12-8-11-6-4-5-7-13(11)21-9-12/h4-7,12H,3,8-9H2,1-2H3,(H,18,19,20). The van der Waals surface area contributed by atoms with Crippen LogP contribution in [0.1, 0.15) is 29.9 Å². The number of nitrogens with one attached hydrogen (secondary N) is 1. The number of rotatable bonds is 3. The van der Waals surface area contributed by atoms with E-state index in [-0.39, 0.29) is 5.92 Å². The van der Waals surface area contributed by atoms with Crippen molar-refractivity contribution in [2.75, 3.05) is 18.5 Å². The molecule has 1 atom stereocenters. The third-order valence-corrected chi connectivity index (χ3v) is 4.91. The van der Waals surface area contributed by atoms with Crippen LogP contribution in [0.2, 0.25) is 0 Å². The van der Waals surface area contributed by atoms with Gasteiger partial charge in [-0.15, -0.1) is 0 Å². The van der Waals surface area contributed by atoms with Gasteiger partial charge in [0.1, 0.15) is 17.4 Å². The molecule has 21 heavy (non-hydrogen) atoms. The van der Waals surface area contributed by atoms with Gasteiger partial charge in [0.15, 0.2) is 0 Å². The minimum Gasteiger partial charge on any atom is -0.493 e. The van der Waals surface area contributed by atoms with Gasteiger partial charge in [0.05, 0.1) is 21.8 Å². The minimum atomic E-state index is 0.216. The molecule has 1 aliphatic rings. The number of para-hydroxylation sites is 1. The Labute approximate surface area is 138 Å². The fourth-order valence-corrected chi connectivity index (χ4v) is 2.97. The average molecular weight is 395 g/mol. The highest BCUT2D eigenvalue weighted by molar-refractivity contribution is 14.1. The Morgan fingerprint density at radius 3 is 2.95 bits per heavy atom. The summed E-state index contributed by atoms with van der Waals surface area (Å²) < 4.78 is 6.95. The molecule has 0 bridgehead atoms. The van der Waals surface area contributed by atoms with E-state index in [9.17, 15) is 0 Å². The second kappa shape index (κ2) is 6.17. The van der Waals surface area contributed by atoms with Crippen LogP contribution in [0.4, 0.5) is 5.82 Å². The predicted octanol–water partition coefficient (Wildman–Crippen LogP) is 3.54. The molecule has 110 valence electrons. The normalized spacial score (nSPS) is 17.0. The van der Waals surface area contributed by atoms with Gasteiger partial charge in [0.2, 0.25) is 0 Å². The fraction of sp³-hybridized carbons (Fsp3) is 0.375. The number of anilines is 1. The molecule has 2 aromatic rings. The van der Waals surface area contributed by atoms with E-state index in [0.29, 0.717) is 6.61 Å². The van der Waals surface area contributed by atoms with Crippen LogP contribution >= 0.6 is 22.6 Å². The number of aromatic nitrogens is 2. The topological polar surface area (TPSA) is 47.0 Å². The molecule has 0 amide bonds. The second-order valence-electron chi connectivity index (χ2n) is 5.18. The van der Waals surface area contributed by atoms with Crippen LogP contribution in [0, 0.1) is 10.5 Å². The average Bonchev–Trinajstić information content (AvgIpc) is 2.51. The molecular formula is C16H18IN3O. The molecule has 0 saturated heterocycles. The third-order valence-electron chi connectivity index (χ3n) is 3.62. The van der Waals surface area contributed by atoms with Crippen LogP contribution in [0.15, 0.2) is 24.3 Å². The monoisotopic (exact) mass is 395 g/mol. The Hall–Kier alpha value is -1.37. The summed E-state index contributed by atoms with van der Waals surface area (Å²) in [7, 11) is 0. The van der Waals surface area contributed by atoms with E-state index >= 15 is 0 Å². The molecule has 1 aromatic carbocycles. The molecule has 0 aliphatic carbocycles. The van der Waals surface area contributed by atoms with Crippen LogP contribution in [-0.4, -0.2) is 23.1 Å². The first-order chi connectivity index (χ1) is 10.2. The van der Waals surface area contributed by atoms with Crippen molar-refractivity contribution in [3.8, 4) is 5.75 Å². The number of fused-ring (bicyclic) bond motifs is 1. The molecule has 0 saturated carbocycles. The van der Waals surface area contributed by atoms with Crippen molar-refractivity contribution < 1.29 is 4.74 Å². The molecule has 1 N–H and O–H groups in total. The van der Waals surface area contributed by atoms with Crippen LogP contribution in [0.5, 0.6) is 5.75 Å². The summed E-state index contributed by atoms with van der Waals surface area (Å²) in [4.78, 5) is 9.38. The Kier molecular flexibility index (Phi) is 4.28. The molecule has 0 radical (unpaired) electrons. The van der Waals surface area contributed by atoms with Gasteiger partial charge < -0.3 is 10.1 Å². The SMILES string of the molecule is CCNc1nc(C2COc3ccccc3C2)nc(C)c1I. The van der Waals surface area contributed by atoms with Gasteiger partial charge >= 0.3 is 0 Å². The molecule has 0 spiro atoms. The smallest absolute Gasteiger partial charge is 0.143 e. The summed E-state index contributed by atoms with van der Waals surface area (Å²) in [6.07, 6.45) is 0.932. The fourth-order valence-electron chi connectivity index (χ4n) is 2.54. The molecule has 2 heterocycles. The van der Waals surface area contributed by atoms with Crippen molar-refractivity contribution in [2.45, 2.75) is 26.2 Å². The molecule has 3 rings (SSSR count). The maximum Gasteiger partial charge on any atom is 0.143 e. The Balaban J connectivity index is 1.91.